The number of aromatic amines is 2. The first-order valence-corrected chi connectivity index (χ1v) is 9.12. The number of amides is 2. The summed E-state index contributed by atoms with van der Waals surface area (Å²) < 4.78 is 0. The summed E-state index contributed by atoms with van der Waals surface area (Å²) in [6.45, 7) is 0. The lowest BCUT2D eigenvalue weighted by Gasteiger charge is -2.29. The number of aromatic nitrogens is 2. The zero-order valence-electron chi connectivity index (χ0n) is 15.2. The molecule has 9 nitrogen and oxygen atoms in total. The van der Waals surface area contributed by atoms with Gasteiger partial charge in [-0.1, -0.05) is 30.3 Å². The molecule has 2 amide bonds. The van der Waals surface area contributed by atoms with Crippen molar-refractivity contribution in [3.8, 4) is 5.75 Å². The van der Waals surface area contributed by atoms with Crippen LogP contribution in [0.2, 0.25) is 0 Å². The van der Waals surface area contributed by atoms with Crippen LogP contribution in [0.1, 0.15) is 41.7 Å². The molecule has 0 saturated heterocycles. The van der Waals surface area contributed by atoms with Gasteiger partial charge in [-0.3, -0.25) is 24.4 Å². The number of hydrogen-bond acceptors (Lipinski definition) is 5. The quantitative estimate of drug-likeness (QED) is 0.497. The van der Waals surface area contributed by atoms with Crippen LogP contribution in [0.4, 0.5) is 0 Å². The van der Waals surface area contributed by atoms with E-state index in [1.54, 1.807) is 0 Å². The highest BCUT2D eigenvalue weighted by Gasteiger charge is 2.25. The monoisotopic (exact) mass is 386 g/mol. The van der Waals surface area contributed by atoms with Crippen LogP contribution in [0, 0.1) is 0 Å². The molecule has 3 rings (SSSR count). The highest BCUT2D eigenvalue weighted by molar-refractivity contribution is 5.94. The van der Waals surface area contributed by atoms with Crippen molar-refractivity contribution >= 4 is 11.8 Å². The smallest absolute Gasteiger partial charge is 0.326 e. The molecule has 9 heteroatoms. The number of carbonyl (C=O) groups excluding carboxylic acids is 2. The zero-order chi connectivity index (χ0) is 20.1. The number of benzene rings is 1. The molecule has 0 aliphatic heterocycles. The molecule has 148 valence electrons. The van der Waals surface area contributed by atoms with E-state index < -0.39 is 28.6 Å². The minimum absolute atomic E-state index is 0.0373. The number of carbonyl (C=O) groups is 2. The van der Waals surface area contributed by atoms with Crippen molar-refractivity contribution in [2.75, 3.05) is 0 Å². The van der Waals surface area contributed by atoms with Gasteiger partial charge in [0, 0.05) is 12.1 Å². The van der Waals surface area contributed by atoms with Gasteiger partial charge in [-0.15, -0.1) is 0 Å². The fraction of sp³-hybridized carbons (Fsp3) is 0.368. The SMILES string of the molecule is O=C(Cc1ccccc1)N[C@H]1CC[C@@H](NC(=O)c2[nH]c(=O)[nH]c(=O)c2O)CC1. The Bertz CT molecular complexity index is 958. The highest BCUT2D eigenvalue weighted by Crippen LogP contribution is 2.19. The Morgan fingerprint density at radius 3 is 2.21 bits per heavy atom. The minimum atomic E-state index is -1.02. The second-order valence-corrected chi connectivity index (χ2v) is 6.88. The number of hydrogen-bond donors (Lipinski definition) is 5. The maximum Gasteiger partial charge on any atom is 0.326 e. The molecule has 1 aromatic heterocycles. The van der Waals surface area contributed by atoms with Crippen LogP contribution in [0.25, 0.3) is 0 Å². The van der Waals surface area contributed by atoms with Crippen LogP contribution in [-0.2, 0) is 11.2 Å². The summed E-state index contributed by atoms with van der Waals surface area (Å²) in [5, 5.41) is 15.4. The van der Waals surface area contributed by atoms with Gasteiger partial charge in [-0.2, -0.15) is 0 Å². The van der Waals surface area contributed by atoms with Crippen molar-refractivity contribution in [1.82, 2.24) is 20.6 Å². The average molecular weight is 386 g/mol. The topological polar surface area (TPSA) is 144 Å². The van der Waals surface area contributed by atoms with Gasteiger partial charge in [0.1, 0.15) is 0 Å². The molecule has 5 N–H and O–H groups in total. The maximum absolute atomic E-state index is 12.2. The molecule has 1 fully saturated rings. The summed E-state index contributed by atoms with van der Waals surface area (Å²) in [6, 6.07) is 9.36. The molecule has 0 radical (unpaired) electrons. The van der Waals surface area contributed by atoms with Gasteiger partial charge in [-0.25, -0.2) is 4.79 Å². The van der Waals surface area contributed by atoms with E-state index in [1.807, 2.05) is 35.3 Å². The molecule has 28 heavy (non-hydrogen) atoms. The Morgan fingerprint density at radius 2 is 1.57 bits per heavy atom. The second-order valence-electron chi connectivity index (χ2n) is 6.88. The molecule has 1 aliphatic carbocycles. The van der Waals surface area contributed by atoms with Crippen molar-refractivity contribution < 1.29 is 14.7 Å². The van der Waals surface area contributed by atoms with Gasteiger partial charge in [0.2, 0.25) is 11.7 Å². The molecular weight excluding hydrogens is 364 g/mol. The predicted molar refractivity (Wildman–Crippen MR) is 101 cm³/mol. The van der Waals surface area contributed by atoms with Gasteiger partial charge >= 0.3 is 5.69 Å². The number of rotatable bonds is 5. The molecule has 1 saturated carbocycles. The number of nitrogens with one attached hydrogen (secondary N) is 4. The number of H-pyrrole nitrogens is 2. The van der Waals surface area contributed by atoms with Crippen molar-refractivity contribution in [3.63, 3.8) is 0 Å². The minimum Gasteiger partial charge on any atom is -0.501 e. The van der Waals surface area contributed by atoms with E-state index in [0.29, 0.717) is 32.1 Å². The fourth-order valence-corrected chi connectivity index (χ4v) is 3.34. The van der Waals surface area contributed by atoms with E-state index in [4.69, 9.17) is 0 Å². The Balaban J connectivity index is 1.49. The van der Waals surface area contributed by atoms with E-state index in [-0.39, 0.29) is 18.0 Å². The van der Waals surface area contributed by atoms with E-state index in [9.17, 15) is 24.3 Å². The maximum atomic E-state index is 12.2. The second kappa shape index (κ2) is 8.55. The third-order valence-electron chi connectivity index (χ3n) is 4.78. The van der Waals surface area contributed by atoms with Crippen molar-refractivity contribution in [2.45, 2.75) is 44.2 Å². The molecule has 0 spiro atoms. The van der Waals surface area contributed by atoms with E-state index in [2.05, 4.69) is 15.6 Å². The zero-order valence-corrected chi connectivity index (χ0v) is 15.2. The third-order valence-corrected chi connectivity index (χ3v) is 4.78. The summed E-state index contributed by atoms with van der Waals surface area (Å²) >= 11 is 0. The average Bonchev–Trinajstić information content (AvgIpc) is 2.67. The van der Waals surface area contributed by atoms with Crippen molar-refractivity contribution in [1.29, 1.82) is 0 Å². The Kier molecular flexibility index (Phi) is 5.93. The summed E-state index contributed by atoms with van der Waals surface area (Å²) in [5.74, 6) is -1.57. The van der Waals surface area contributed by atoms with Crippen LogP contribution >= 0.6 is 0 Å². The van der Waals surface area contributed by atoms with Gasteiger partial charge in [0.25, 0.3) is 11.5 Å². The van der Waals surface area contributed by atoms with E-state index in [0.717, 1.165) is 5.56 Å². The molecule has 0 unspecified atom stereocenters. The van der Waals surface area contributed by atoms with Crippen LogP contribution in [0.5, 0.6) is 5.75 Å². The third kappa shape index (κ3) is 4.87. The molecule has 1 aliphatic rings. The standard InChI is InChI=1S/C19H22N4O5/c24-14(10-11-4-2-1-3-5-11)20-12-6-8-13(9-7-12)21-17(26)15-16(25)18(27)23-19(28)22-15/h1-5,12-13,25H,6-10H2,(H,20,24)(H,21,26)(H2,22,23,27,28)/t12-,13+. The molecule has 0 bridgehead atoms. The lowest BCUT2D eigenvalue weighted by Crippen LogP contribution is -2.44. The largest absolute Gasteiger partial charge is 0.501 e. The molecule has 2 aromatic rings. The van der Waals surface area contributed by atoms with Crippen LogP contribution in [-0.4, -0.2) is 39.0 Å². The predicted octanol–water partition coefficient (Wildman–Crippen LogP) is 0.169. The van der Waals surface area contributed by atoms with Gasteiger partial charge in [-0.05, 0) is 31.2 Å². The summed E-state index contributed by atoms with van der Waals surface area (Å²) in [6.07, 6.45) is 2.99. The lowest BCUT2D eigenvalue weighted by atomic mass is 9.91. The van der Waals surface area contributed by atoms with E-state index in [1.165, 1.54) is 0 Å². The summed E-state index contributed by atoms with van der Waals surface area (Å²) in [4.78, 5) is 51.0. The van der Waals surface area contributed by atoms with Gasteiger partial charge in [0.05, 0.1) is 6.42 Å². The first-order valence-electron chi connectivity index (χ1n) is 9.12. The van der Waals surface area contributed by atoms with Crippen LogP contribution in [0.15, 0.2) is 39.9 Å². The van der Waals surface area contributed by atoms with E-state index >= 15 is 0 Å². The highest BCUT2D eigenvalue weighted by atomic mass is 16.3. The molecule has 1 aromatic carbocycles. The van der Waals surface area contributed by atoms with Crippen LogP contribution < -0.4 is 21.9 Å². The molecular formula is C19H22N4O5. The molecule has 1 heterocycles. The normalized spacial score (nSPS) is 19.0. The first kappa shape index (κ1) is 19.4. The Labute approximate surface area is 160 Å². The lowest BCUT2D eigenvalue weighted by molar-refractivity contribution is -0.121. The van der Waals surface area contributed by atoms with Gasteiger partial charge in [0.15, 0.2) is 5.69 Å². The summed E-state index contributed by atoms with van der Waals surface area (Å²) in [7, 11) is 0. The Morgan fingerprint density at radius 1 is 0.964 bits per heavy atom. The van der Waals surface area contributed by atoms with Gasteiger partial charge < -0.3 is 15.7 Å². The van der Waals surface area contributed by atoms with Crippen LogP contribution in [0.3, 0.4) is 0 Å². The Hall–Kier alpha value is -3.36. The molecule has 0 atom stereocenters. The fourth-order valence-electron chi connectivity index (χ4n) is 3.34. The summed E-state index contributed by atoms with van der Waals surface area (Å²) in [5.41, 5.74) is -1.38. The van der Waals surface area contributed by atoms with Crippen molar-refractivity contribution in [3.05, 3.63) is 62.4 Å². The first-order chi connectivity index (χ1) is 13.4. The number of aromatic hydroxyl groups is 1. The van der Waals surface area contributed by atoms with Crippen molar-refractivity contribution in [2.24, 2.45) is 0 Å².